The molecule has 0 aromatic heterocycles. The summed E-state index contributed by atoms with van der Waals surface area (Å²) in [6, 6.07) is 0.549. The molecular weight excluding hydrogens is 224 g/mol. The second-order valence-electron chi connectivity index (χ2n) is 5.99. The SMILES string of the molecule is CCCN1CCOC(C(CC2CCCC2)NC)C1. The second kappa shape index (κ2) is 7.46. The van der Waals surface area contributed by atoms with Gasteiger partial charge in [0.2, 0.25) is 0 Å². The van der Waals surface area contributed by atoms with Crippen LogP contribution in [0.2, 0.25) is 0 Å². The summed E-state index contributed by atoms with van der Waals surface area (Å²) in [7, 11) is 2.10. The molecular formula is C15H30N2O. The molecule has 1 aliphatic carbocycles. The van der Waals surface area contributed by atoms with Crippen molar-refractivity contribution in [2.24, 2.45) is 5.92 Å². The summed E-state index contributed by atoms with van der Waals surface area (Å²) in [5, 5.41) is 3.51. The Kier molecular flexibility index (Phi) is 5.93. The van der Waals surface area contributed by atoms with E-state index in [0.29, 0.717) is 12.1 Å². The van der Waals surface area contributed by atoms with Crippen molar-refractivity contribution in [3.63, 3.8) is 0 Å². The molecule has 2 unspecified atom stereocenters. The number of rotatable bonds is 6. The third-order valence-electron chi connectivity index (χ3n) is 4.60. The number of nitrogens with zero attached hydrogens (tertiary/aromatic N) is 1. The third-order valence-corrected chi connectivity index (χ3v) is 4.60. The fraction of sp³-hybridized carbons (Fsp3) is 1.00. The van der Waals surface area contributed by atoms with Crippen molar-refractivity contribution >= 4 is 0 Å². The fourth-order valence-corrected chi connectivity index (χ4v) is 3.56. The monoisotopic (exact) mass is 254 g/mol. The van der Waals surface area contributed by atoms with Crippen molar-refractivity contribution in [1.29, 1.82) is 0 Å². The minimum atomic E-state index is 0.399. The van der Waals surface area contributed by atoms with Crippen LogP contribution in [-0.4, -0.2) is 50.3 Å². The molecule has 1 saturated heterocycles. The van der Waals surface area contributed by atoms with E-state index in [1.807, 2.05) is 0 Å². The molecule has 2 aliphatic rings. The number of morpholine rings is 1. The summed E-state index contributed by atoms with van der Waals surface area (Å²) in [4.78, 5) is 2.56. The van der Waals surface area contributed by atoms with E-state index in [1.54, 1.807) is 0 Å². The van der Waals surface area contributed by atoms with Crippen LogP contribution in [0, 0.1) is 5.92 Å². The minimum Gasteiger partial charge on any atom is -0.374 e. The van der Waals surface area contributed by atoms with Crippen molar-refractivity contribution in [2.75, 3.05) is 33.3 Å². The van der Waals surface area contributed by atoms with E-state index in [4.69, 9.17) is 4.74 Å². The first-order chi connectivity index (χ1) is 8.83. The summed E-state index contributed by atoms with van der Waals surface area (Å²) in [5.74, 6) is 0.938. The molecule has 1 aliphatic heterocycles. The molecule has 106 valence electrons. The van der Waals surface area contributed by atoms with Crippen LogP contribution in [0.5, 0.6) is 0 Å². The van der Waals surface area contributed by atoms with Gasteiger partial charge in [0.05, 0.1) is 12.7 Å². The Hall–Kier alpha value is -0.120. The van der Waals surface area contributed by atoms with Crippen molar-refractivity contribution in [1.82, 2.24) is 10.2 Å². The van der Waals surface area contributed by atoms with Gasteiger partial charge in [-0.1, -0.05) is 32.6 Å². The van der Waals surface area contributed by atoms with Gasteiger partial charge in [-0.15, -0.1) is 0 Å². The van der Waals surface area contributed by atoms with E-state index in [0.717, 1.165) is 25.6 Å². The van der Waals surface area contributed by atoms with Gasteiger partial charge in [-0.3, -0.25) is 4.90 Å². The van der Waals surface area contributed by atoms with Crippen molar-refractivity contribution in [3.05, 3.63) is 0 Å². The van der Waals surface area contributed by atoms with E-state index in [1.165, 1.54) is 45.1 Å². The lowest BCUT2D eigenvalue weighted by Gasteiger charge is -2.37. The van der Waals surface area contributed by atoms with E-state index in [9.17, 15) is 0 Å². The lowest BCUT2D eigenvalue weighted by atomic mass is 9.94. The first-order valence-corrected chi connectivity index (χ1v) is 7.84. The fourth-order valence-electron chi connectivity index (χ4n) is 3.56. The van der Waals surface area contributed by atoms with Crippen LogP contribution in [0.4, 0.5) is 0 Å². The highest BCUT2D eigenvalue weighted by Gasteiger charge is 2.29. The van der Waals surface area contributed by atoms with Gasteiger partial charge in [-0.25, -0.2) is 0 Å². The van der Waals surface area contributed by atoms with E-state index in [-0.39, 0.29) is 0 Å². The number of likely N-dealkylation sites (N-methyl/N-ethyl adjacent to an activating group) is 1. The van der Waals surface area contributed by atoms with Crippen LogP contribution in [-0.2, 0) is 4.74 Å². The highest BCUT2D eigenvalue weighted by molar-refractivity contribution is 4.85. The normalized spacial score (nSPS) is 28.7. The molecule has 2 atom stereocenters. The second-order valence-corrected chi connectivity index (χ2v) is 5.99. The van der Waals surface area contributed by atoms with Crippen molar-refractivity contribution in [2.45, 2.75) is 57.6 Å². The van der Waals surface area contributed by atoms with Crippen LogP contribution >= 0.6 is 0 Å². The van der Waals surface area contributed by atoms with Crippen LogP contribution < -0.4 is 5.32 Å². The summed E-state index contributed by atoms with van der Waals surface area (Å²) in [6.45, 7) is 6.63. The number of hydrogen-bond donors (Lipinski definition) is 1. The molecule has 0 aromatic carbocycles. The number of nitrogens with one attached hydrogen (secondary N) is 1. The lowest BCUT2D eigenvalue weighted by Crippen LogP contribution is -2.52. The number of ether oxygens (including phenoxy) is 1. The van der Waals surface area contributed by atoms with Crippen LogP contribution in [0.3, 0.4) is 0 Å². The van der Waals surface area contributed by atoms with Crippen molar-refractivity contribution in [3.8, 4) is 0 Å². The van der Waals surface area contributed by atoms with Crippen LogP contribution in [0.15, 0.2) is 0 Å². The smallest absolute Gasteiger partial charge is 0.0855 e. The topological polar surface area (TPSA) is 24.5 Å². The lowest BCUT2D eigenvalue weighted by molar-refractivity contribution is -0.0486. The largest absolute Gasteiger partial charge is 0.374 e. The Morgan fingerprint density at radius 1 is 1.33 bits per heavy atom. The highest BCUT2D eigenvalue weighted by Crippen LogP contribution is 2.30. The van der Waals surface area contributed by atoms with Gasteiger partial charge >= 0.3 is 0 Å². The predicted molar refractivity (Wildman–Crippen MR) is 75.9 cm³/mol. The Bertz CT molecular complexity index is 227. The summed E-state index contributed by atoms with van der Waals surface area (Å²) in [6.07, 6.45) is 8.70. The number of hydrogen-bond acceptors (Lipinski definition) is 3. The van der Waals surface area contributed by atoms with Crippen molar-refractivity contribution < 1.29 is 4.74 Å². The molecule has 2 fully saturated rings. The maximum Gasteiger partial charge on any atom is 0.0855 e. The molecule has 0 amide bonds. The zero-order chi connectivity index (χ0) is 12.8. The summed E-state index contributed by atoms with van der Waals surface area (Å²) < 4.78 is 6.01. The molecule has 0 radical (unpaired) electrons. The maximum atomic E-state index is 6.01. The maximum absolute atomic E-state index is 6.01. The summed E-state index contributed by atoms with van der Waals surface area (Å²) in [5.41, 5.74) is 0. The molecule has 3 heteroatoms. The molecule has 1 heterocycles. The molecule has 0 bridgehead atoms. The molecule has 1 saturated carbocycles. The molecule has 1 N–H and O–H groups in total. The Morgan fingerprint density at radius 3 is 2.78 bits per heavy atom. The molecule has 3 nitrogen and oxygen atoms in total. The standard InChI is InChI=1S/C15H30N2O/c1-3-8-17-9-10-18-15(12-17)14(16-2)11-13-6-4-5-7-13/h13-16H,3-12H2,1-2H3. The molecule has 0 aromatic rings. The summed E-state index contributed by atoms with van der Waals surface area (Å²) >= 11 is 0. The highest BCUT2D eigenvalue weighted by atomic mass is 16.5. The van der Waals surface area contributed by atoms with Crippen LogP contribution in [0.1, 0.15) is 45.4 Å². The average Bonchev–Trinajstić information content (AvgIpc) is 2.89. The minimum absolute atomic E-state index is 0.399. The van der Waals surface area contributed by atoms with Gasteiger partial charge < -0.3 is 10.1 Å². The van der Waals surface area contributed by atoms with Gasteiger partial charge in [0.25, 0.3) is 0 Å². The van der Waals surface area contributed by atoms with E-state index >= 15 is 0 Å². The Morgan fingerprint density at radius 2 is 2.11 bits per heavy atom. The average molecular weight is 254 g/mol. The molecule has 2 rings (SSSR count). The van der Waals surface area contributed by atoms with Gasteiger partial charge in [0.1, 0.15) is 0 Å². The Labute approximate surface area is 112 Å². The van der Waals surface area contributed by atoms with E-state index < -0.39 is 0 Å². The zero-order valence-electron chi connectivity index (χ0n) is 12.2. The first kappa shape index (κ1) is 14.3. The van der Waals surface area contributed by atoms with E-state index in [2.05, 4.69) is 24.2 Å². The van der Waals surface area contributed by atoms with Crippen LogP contribution in [0.25, 0.3) is 0 Å². The van der Waals surface area contributed by atoms with Gasteiger partial charge in [-0.2, -0.15) is 0 Å². The van der Waals surface area contributed by atoms with Gasteiger partial charge in [-0.05, 0) is 32.4 Å². The molecule has 18 heavy (non-hydrogen) atoms. The first-order valence-electron chi connectivity index (χ1n) is 7.84. The predicted octanol–water partition coefficient (Wildman–Crippen LogP) is 2.27. The third kappa shape index (κ3) is 3.94. The Balaban J connectivity index is 1.82. The zero-order valence-corrected chi connectivity index (χ0v) is 12.2. The quantitative estimate of drug-likeness (QED) is 0.787. The van der Waals surface area contributed by atoms with Gasteiger partial charge in [0, 0.05) is 19.1 Å². The van der Waals surface area contributed by atoms with Gasteiger partial charge in [0.15, 0.2) is 0 Å². The molecule has 0 spiro atoms.